The molecule has 2 aliphatic rings. The van der Waals surface area contributed by atoms with Crippen molar-refractivity contribution >= 4 is 5.69 Å². The Hall–Kier alpha value is -1.89. The van der Waals surface area contributed by atoms with Gasteiger partial charge in [-0.1, -0.05) is 18.2 Å². The third-order valence-electron chi connectivity index (χ3n) is 5.68. The maximum absolute atomic E-state index is 9.86. The van der Waals surface area contributed by atoms with Crippen LogP contribution in [0.3, 0.4) is 0 Å². The molecule has 140 valence electrons. The molecule has 0 radical (unpaired) electrons. The van der Waals surface area contributed by atoms with E-state index < -0.39 is 6.10 Å². The van der Waals surface area contributed by atoms with E-state index in [0.29, 0.717) is 11.7 Å². The Morgan fingerprint density at radius 1 is 1.08 bits per heavy atom. The van der Waals surface area contributed by atoms with E-state index in [0.717, 1.165) is 44.8 Å². The summed E-state index contributed by atoms with van der Waals surface area (Å²) in [5.41, 5.74) is 3.06. The lowest BCUT2D eigenvalue weighted by atomic mass is 10.0. The van der Waals surface area contributed by atoms with Crippen LogP contribution in [0, 0.1) is 0 Å². The molecular formula is C20H28N4O2. The monoisotopic (exact) mass is 356 g/mol. The molecule has 0 saturated carbocycles. The minimum atomic E-state index is -0.878. The zero-order valence-electron chi connectivity index (χ0n) is 15.2. The highest BCUT2D eigenvalue weighted by Gasteiger charge is 2.27. The first-order valence-electron chi connectivity index (χ1n) is 9.64. The molecule has 2 aromatic rings. The molecule has 3 heterocycles. The number of aliphatic hydroxyl groups excluding tert-OH is 2. The van der Waals surface area contributed by atoms with Crippen LogP contribution in [0.1, 0.15) is 36.8 Å². The summed E-state index contributed by atoms with van der Waals surface area (Å²) in [5, 5.41) is 23.5. The predicted octanol–water partition coefficient (Wildman–Crippen LogP) is 1.78. The third-order valence-corrected chi connectivity index (χ3v) is 5.68. The number of benzene rings is 1. The fourth-order valence-electron chi connectivity index (χ4n) is 4.21. The van der Waals surface area contributed by atoms with Crippen LogP contribution < -0.4 is 4.90 Å². The Morgan fingerprint density at radius 2 is 1.85 bits per heavy atom. The maximum Gasteiger partial charge on any atom is 0.121 e. The molecule has 1 atom stereocenters. The topological polar surface area (TPSA) is 64.8 Å². The van der Waals surface area contributed by atoms with E-state index in [1.807, 2.05) is 10.7 Å². The zero-order chi connectivity index (χ0) is 17.9. The van der Waals surface area contributed by atoms with Crippen molar-refractivity contribution in [1.82, 2.24) is 14.7 Å². The van der Waals surface area contributed by atoms with Gasteiger partial charge in [-0.05, 0) is 37.5 Å². The van der Waals surface area contributed by atoms with Crippen molar-refractivity contribution in [3.63, 3.8) is 0 Å². The SMILES string of the molecule is OC[C@H](O)c1cc2n(n1)CCCN(C1CCN(c3ccccc3)CC1)C2. The van der Waals surface area contributed by atoms with E-state index in [9.17, 15) is 5.11 Å². The summed E-state index contributed by atoms with van der Waals surface area (Å²) in [6.07, 6.45) is 2.55. The number of rotatable bonds is 4. The second-order valence-corrected chi connectivity index (χ2v) is 7.36. The summed E-state index contributed by atoms with van der Waals surface area (Å²) >= 11 is 0. The predicted molar refractivity (Wildman–Crippen MR) is 101 cm³/mol. The molecular weight excluding hydrogens is 328 g/mol. The third kappa shape index (κ3) is 3.63. The van der Waals surface area contributed by atoms with E-state index in [4.69, 9.17) is 5.11 Å². The van der Waals surface area contributed by atoms with Gasteiger partial charge in [0.05, 0.1) is 18.0 Å². The Kier molecular flexibility index (Phi) is 5.24. The van der Waals surface area contributed by atoms with Crippen molar-refractivity contribution in [2.24, 2.45) is 0 Å². The van der Waals surface area contributed by atoms with Gasteiger partial charge >= 0.3 is 0 Å². The van der Waals surface area contributed by atoms with Crippen LogP contribution in [0.5, 0.6) is 0 Å². The van der Waals surface area contributed by atoms with E-state index in [-0.39, 0.29) is 6.61 Å². The molecule has 1 aromatic heterocycles. The Bertz CT molecular complexity index is 710. The van der Waals surface area contributed by atoms with Gasteiger partial charge in [-0.15, -0.1) is 0 Å². The number of piperidine rings is 1. The molecule has 6 nitrogen and oxygen atoms in total. The van der Waals surface area contributed by atoms with Crippen molar-refractivity contribution in [3.8, 4) is 0 Å². The highest BCUT2D eigenvalue weighted by Crippen LogP contribution is 2.26. The van der Waals surface area contributed by atoms with Crippen LogP contribution >= 0.6 is 0 Å². The van der Waals surface area contributed by atoms with Crippen molar-refractivity contribution in [2.45, 2.75) is 44.5 Å². The first-order valence-corrected chi connectivity index (χ1v) is 9.64. The summed E-state index contributed by atoms with van der Waals surface area (Å²) in [6.45, 7) is 4.77. The number of para-hydroxylation sites is 1. The van der Waals surface area contributed by atoms with Gasteiger partial charge in [0.2, 0.25) is 0 Å². The number of aromatic nitrogens is 2. The van der Waals surface area contributed by atoms with Crippen LogP contribution in [-0.4, -0.2) is 57.2 Å². The summed E-state index contributed by atoms with van der Waals surface area (Å²) < 4.78 is 2.01. The molecule has 0 unspecified atom stereocenters. The van der Waals surface area contributed by atoms with E-state index in [1.165, 1.54) is 18.5 Å². The molecule has 1 saturated heterocycles. The van der Waals surface area contributed by atoms with E-state index in [1.54, 1.807) is 0 Å². The molecule has 0 aliphatic carbocycles. The van der Waals surface area contributed by atoms with Gasteiger partial charge in [-0.25, -0.2) is 0 Å². The molecule has 1 fully saturated rings. The number of anilines is 1. The van der Waals surface area contributed by atoms with Crippen molar-refractivity contribution in [2.75, 3.05) is 31.1 Å². The molecule has 0 amide bonds. The molecule has 2 N–H and O–H groups in total. The second kappa shape index (κ2) is 7.78. The molecule has 2 aliphatic heterocycles. The Morgan fingerprint density at radius 3 is 2.58 bits per heavy atom. The van der Waals surface area contributed by atoms with Gasteiger partial charge in [0.15, 0.2) is 0 Å². The van der Waals surface area contributed by atoms with Crippen LogP contribution in [0.25, 0.3) is 0 Å². The first kappa shape index (κ1) is 17.5. The fraction of sp³-hybridized carbons (Fsp3) is 0.550. The van der Waals surface area contributed by atoms with Crippen LogP contribution in [-0.2, 0) is 13.1 Å². The minimum absolute atomic E-state index is 0.280. The van der Waals surface area contributed by atoms with Crippen LogP contribution in [0.15, 0.2) is 36.4 Å². The number of nitrogens with zero attached hydrogens (tertiary/aromatic N) is 4. The maximum atomic E-state index is 9.86. The molecule has 26 heavy (non-hydrogen) atoms. The Balaban J connectivity index is 1.40. The molecule has 0 spiro atoms. The van der Waals surface area contributed by atoms with E-state index >= 15 is 0 Å². The van der Waals surface area contributed by atoms with Crippen LogP contribution in [0.2, 0.25) is 0 Å². The molecule has 4 rings (SSSR count). The average Bonchev–Trinajstić information content (AvgIpc) is 3.00. The number of hydrogen-bond acceptors (Lipinski definition) is 5. The Labute approximate surface area is 154 Å². The lowest BCUT2D eigenvalue weighted by Crippen LogP contribution is -2.44. The van der Waals surface area contributed by atoms with Crippen molar-refractivity contribution < 1.29 is 10.2 Å². The van der Waals surface area contributed by atoms with Gasteiger partial charge in [-0.2, -0.15) is 5.10 Å². The standard InChI is InChI=1S/C20H28N4O2/c25-15-20(26)19-13-18-14-23(9-4-10-24(18)21-19)17-7-11-22(12-8-17)16-5-2-1-3-6-16/h1-3,5-6,13,17,20,25-26H,4,7-12,14-15H2/t20-/m0/s1. The van der Waals surface area contributed by atoms with Gasteiger partial charge in [0.25, 0.3) is 0 Å². The lowest BCUT2D eigenvalue weighted by molar-refractivity contribution is 0.0915. The summed E-state index contributed by atoms with van der Waals surface area (Å²) in [7, 11) is 0. The van der Waals surface area contributed by atoms with Crippen molar-refractivity contribution in [1.29, 1.82) is 0 Å². The van der Waals surface area contributed by atoms with Crippen LogP contribution in [0.4, 0.5) is 5.69 Å². The highest BCUT2D eigenvalue weighted by molar-refractivity contribution is 5.46. The second-order valence-electron chi connectivity index (χ2n) is 7.36. The van der Waals surface area contributed by atoms with Gasteiger partial charge in [0, 0.05) is 44.5 Å². The van der Waals surface area contributed by atoms with E-state index in [2.05, 4.69) is 45.2 Å². The summed E-state index contributed by atoms with van der Waals surface area (Å²) in [6, 6.07) is 13.2. The normalized spacial score (nSPS) is 20.6. The largest absolute Gasteiger partial charge is 0.393 e. The first-order chi connectivity index (χ1) is 12.7. The number of fused-ring (bicyclic) bond motifs is 1. The van der Waals surface area contributed by atoms with Gasteiger partial charge in [-0.3, -0.25) is 9.58 Å². The summed E-state index contributed by atoms with van der Waals surface area (Å²) in [5.74, 6) is 0. The minimum Gasteiger partial charge on any atom is -0.393 e. The van der Waals surface area contributed by atoms with Gasteiger partial charge in [0.1, 0.15) is 6.10 Å². The average molecular weight is 356 g/mol. The lowest BCUT2D eigenvalue weighted by Gasteiger charge is -2.39. The molecule has 6 heteroatoms. The number of aliphatic hydroxyl groups is 2. The smallest absolute Gasteiger partial charge is 0.121 e. The molecule has 0 bridgehead atoms. The fourth-order valence-corrected chi connectivity index (χ4v) is 4.21. The summed E-state index contributed by atoms with van der Waals surface area (Å²) in [4.78, 5) is 5.06. The number of hydrogen-bond donors (Lipinski definition) is 2. The number of aryl methyl sites for hydroxylation is 1. The highest BCUT2D eigenvalue weighted by atomic mass is 16.3. The van der Waals surface area contributed by atoms with Crippen molar-refractivity contribution in [3.05, 3.63) is 47.8 Å². The quantitative estimate of drug-likeness (QED) is 0.874. The molecule has 1 aromatic carbocycles. The van der Waals surface area contributed by atoms with Gasteiger partial charge < -0.3 is 15.1 Å². The zero-order valence-corrected chi connectivity index (χ0v) is 15.2.